The van der Waals surface area contributed by atoms with E-state index in [1.165, 1.54) is 16.7 Å². The van der Waals surface area contributed by atoms with Crippen LogP contribution in [0.5, 0.6) is 0 Å². The van der Waals surface area contributed by atoms with Gasteiger partial charge in [-0.05, 0) is 62.4 Å². The molecular weight excluding hydrogens is 261 g/mol. The molecular formula is C19H24FN. The van der Waals surface area contributed by atoms with Crippen LogP contribution < -0.4 is 5.32 Å². The SMILES string of the molecule is Cc1ccc(C)c(C(C)NCc2cc(C)c(F)c(C)c2)c1. The quantitative estimate of drug-likeness (QED) is 0.841. The second kappa shape index (κ2) is 6.40. The van der Waals surface area contributed by atoms with Gasteiger partial charge in [-0.2, -0.15) is 0 Å². The van der Waals surface area contributed by atoms with E-state index < -0.39 is 0 Å². The van der Waals surface area contributed by atoms with Gasteiger partial charge in [-0.15, -0.1) is 0 Å². The Labute approximate surface area is 127 Å². The number of nitrogens with one attached hydrogen (secondary N) is 1. The number of aryl methyl sites for hydroxylation is 4. The molecule has 1 atom stereocenters. The van der Waals surface area contributed by atoms with E-state index in [4.69, 9.17) is 0 Å². The monoisotopic (exact) mass is 285 g/mol. The summed E-state index contributed by atoms with van der Waals surface area (Å²) in [6.07, 6.45) is 0. The third kappa shape index (κ3) is 3.70. The zero-order valence-corrected chi connectivity index (χ0v) is 13.5. The standard InChI is InChI=1S/C19H24FN/c1-12-6-7-13(2)18(8-12)16(5)21-11-17-9-14(3)19(20)15(4)10-17/h6-10,16,21H,11H2,1-5H3. The number of hydrogen-bond donors (Lipinski definition) is 1. The van der Waals surface area contributed by atoms with Crippen LogP contribution in [0, 0.1) is 33.5 Å². The molecule has 0 aromatic heterocycles. The molecule has 0 saturated carbocycles. The summed E-state index contributed by atoms with van der Waals surface area (Å²) in [6, 6.07) is 10.6. The highest BCUT2D eigenvalue weighted by molar-refractivity contribution is 5.33. The van der Waals surface area contributed by atoms with Crippen molar-refractivity contribution in [3.05, 3.63) is 69.5 Å². The molecule has 0 saturated heterocycles. The largest absolute Gasteiger partial charge is 0.306 e. The maximum atomic E-state index is 13.7. The minimum absolute atomic E-state index is 0.0960. The smallest absolute Gasteiger partial charge is 0.129 e. The maximum Gasteiger partial charge on any atom is 0.129 e. The molecule has 1 nitrogen and oxygen atoms in total. The summed E-state index contributed by atoms with van der Waals surface area (Å²) in [7, 11) is 0. The lowest BCUT2D eigenvalue weighted by Crippen LogP contribution is -2.19. The Hall–Kier alpha value is -1.67. The lowest BCUT2D eigenvalue weighted by Gasteiger charge is -2.18. The normalized spacial score (nSPS) is 12.5. The van der Waals surface area contributed by atoms with Crippen LogP contribution in [0.1, 0.15) is 46.3 Å². The Morgan fingerprint density at radius 3 is 2.19 bits per heavy atom. The predicted molar refractivity (Wildman–Crippen MR) is 87.0 cm³/mol. The summed E-state index contributed by atoms with van der Waals surface area (Å²) in [4.78, 5) is 0. The average molecular weight is 285 g/mol. The fourth-order valence-electron chi connectivity index (χ4n) is 2.74. The van der Waals surface area contributed by atoms with Crippen LogP contribution in [0.2, 0.25) is 0 Å². The van der Waals surface area contributed by atoms with Gasteiger partial charge in [-0.25, -0.2) is 4.39 Å². The zero-order chi connectivity index (χ0) is 15.6. The van der Waals surface area contributed by atoms with E-state index in [2.05, 4.69) is 44.3 Å². The van der Waals surface area contributed by atoms with Crippen LogP contribution in [0.3, 0.4) is 0 Å². The molecule has 0 radical (unpaired) electrons. The Balaban J connectivity index is 2.11. The van der Waals surface area contributed by atoms with Crippen molar-refractivity contribution in [1.82, 2.24) is 5.32 Å². The zero-order valence-electron chi connectivity index (χ0n) is 13.5. The summed E-state index contributed by atoms with van der Waals surface area (Å²) in [5, 5.41) is 3.53. The molecule has 1 unspecified atom stereocenters. The van der Waals surface area contributed by atoms with Gasteiger partial charge in [-0.1, -0.05) is 35.9 Å². The van der Waals surface area contributed by atoms with Crippen LogP contribution in [0.4, 0.5) is 4.39 Å². The number of benzene rings is 2. The van der Waals surface area contributed by atoms with Crippen molar-refractivity contribution in [2.75, 3.05) is 0 Å². The van der Waals surface area contributed by atoms with Crippen molar-refractivity contribution in [3.8, 4) is 0 Å². The van der Waals surface area contributed by atoms with Crippen LogP contribution >= 0.6 is 0 Å². The molecule has 2 rings (SSSR count). The van der Waals surface area contributed by atoms with Crippen LogP contribution in [0.15, 0.2) is 30.3 Å². The second-order valence-corrected chi connectivity index (χ2v) is 6.01. The van der Waals surface area contributed by atoms with Crippen molar-refractivity contribution in [2.24, 2.45) is 0 Å². The second-order valence-electron chi connectivity index (χ2n) is 6.01. The minimum Gasteiger partial charge on any atom is -0.306 e. The van der Waals surface area contributed by atoms with E-state index in [-0.39, 0.29) is 11.9 Å². The molecule has 0 heterocycles. The molecule has 2 aromatic carbocycles. The highest BCUT2D eigenvalue weighted by Crippen LogP contribution is 2.20. The summed E-state index contributed by atoms with van der Waals surface area (Å²) in [5.41, 5.74) is 6.45. The van der Waals surface area contributed by atoms with E-state index in [1.54, 1.807) is 0 Å². The fraction of sp³-hybridized carbons (Fsp3) is 0.368. The van der Waals surface area contributed by atoms with Gasteiger partial charge >= 0.3 is 0 Å². The lowest BCUT2D eigenvalue weighted by atomic mass is 9.99. The van der Waals surface area contributed by atoms with Gasteiger partial charge in [-0.3, -0.25) is 0 Å². The van der Waals surface area contributed by atoms with E-state index in [1.807, 2.05) is 26.0 Å². The molecule has 0 fully saturated rings. The van der Waals surface area contributed by atoms with Crippen molar-refractivity contribution >= 4 is 0 Å². The molecule has 2 aromatic rings. The van der Waals surface area contributed by atoms with Gasteiger partial charge in [0.2, 0.25) is 0 Å². The number of rotatable bonds is 4. The van der Waals surface area contributed by atoms with Crippen LogP contribution in [-0.2, 0) is 6.54 Å². The summed E-state index contributed by atoms with van der Waals surface area (Å²) >= 11 is 0. The summed E-state index contributed by atoms with van der Waals surface area (Å²) in [5.74, 6) is -0.0960. The van der Waals surface area contributed by atoms with Gasteiger partial charge < -0.3 is 5.32 Å². The molecule has 0 aliphatic heterocycles. The van der Waals surface area contributed by atoms with Crippen molar-refractivity contribution in [2.45, 2.75) is 47.2 Å². The number of hydrogen-bond acceptors (Lipinski definition) is 1. The summed E-state index contributed by atoms with van der Waals surface area (Å²) < 4.78 is 13.7. The first-order valence-corrected chi connectivity index (χ1v) is 7.44. The molecule has 0 aliphatic rings. The molecule has 2 heteroatoms. The van der Waals surface area contributed by atoms with E-state index in [0.717, 1.165) is 12.1 Å². The third-order valence-corrected chi connectivity index (χ3v) is 4.01. The first kappa shape index (κ1) is 15.7. The highest BCUT2D eigenvalue weighted by Gasteiger charge is 2.09. The van der Waals surface area contributed by atoms with Crippen molar-refractivity contribution in [3.63, 3.8) is 0 Å². The van der Waals surface area contributed by atoms with Gasteiger partial charge in [0.05, 0.1) is 0 Å². The molecule has 0 amide bonds. The van der Waals surface area contributed by atoms with Gasteiger partial charge in [0, 0.05) is 12.6 Å². The molecule has 0 aliphatic carbocycles. The predicted octanol–water partition coefficient (Wildman–Crippen LogP) is 4.91. The molecule has 21 heavy (non-hydrogen) atoms. The van der Waals surface area contributed by atoms with E-state index in [0.29, 0.717) is 11.1 Å². The third-order valence-electron chi connectivity index (χ3n) is 4.01. The Morgan fingerprint density at radius 2 is 1.57 bits per heavy atom. The van der Waals surface area contributed by atoms with E-state index >= 15 is 0 Å². The topological polar surface area (TPSA) is 12.0 Å². The van der Waals surface area contributed by atoms with Crippen molar-refractivity contribution in [1.29, 1.82) is 0 Å². The Morgan fingerprint density at radius 1 is 0.952 bits per heavy atom. The summed E-state index contributed by atoms with van der Waals surface area (Å²) in [6.45, 7) is 10.8. The van der Waals surface area contributed by atoms with Crippen LogP contribution in [-0.4, -0.2) is 0 Å². The van der Waals surface area contributed by atoms with Gasteiger partial charge in [0.1, 0.15) is 5.82 Å². The van der Waals surface area contributed by atoms with E-state index in [9.17, 15) is 4.39 Å². The van der Waals surface area contributed by atoms with Gasteiger partial charge in [0.15, 0.2) is 0 Å². The molecule has 0 bridgehead atoms. The minimum atomic E-state index is -0.0960. The Kier molecular flexibility index (Phi) is 4.79. The maximum absolute atomic E-state index is 13.7. The van der Waals surface area contributed by atoms with Crippen LogP contribution in [0.25, 0.3) is 0 Å². The highest BCUT2D eigenvalue weighted by atomic mass is 19.1. The molecule has 0 spiro atoms. The fourth-order valence-corrected chi connectivity index (χ4v) is 2.74. The first-order valence-electron chi connectivity index (χ1n) is 7.44. The molecule has 112 valence electrons. The van der Waals surface area contributed by atoms with Gasteiger partial charge in [0.25, 0.3) is 0 Å². The molecule has 1 N–H and O–H groups in total. The Bertz CT molecular complexity index is 623. The first-order chi connectivity index (χ1) is 9.88. The number of halogens is 1. The lowest BCUT2D eigenvalue weighted by molar-refractivity contribution is 0.568. The van der Waals surface area contributed by atoms with Crippen molar-refractivity contribution < 1.29 is 4.39 Å². The average Bonchev–Trinajstić information content (AvgIpc) is 2.44.